The van der Waals surface area contributed by atoms with Gasteiger partial charge in [-0.3, -0.25) is 0 Å². The highest BCUT2D eigenvalue weighted by atomic mass is 16.3. The molecule has 0 bridgehead atoms. The van der Waals surface area contributed by atoms with Crippen molar-refractivity contribution < 1.29 is 10.2 Å². The van der Waals surface area contributed by atoms with E-state index in [1.165, 1.54) is 0 Å². The Morgan fingerprint density at radius 1 is 1.58 bits per heavy atom. The maximum Gasteiger partial charge on any atom is 0.0734 e. The first kappa shape index (κ1) is 9.92. The number of hydrogen-bond acceptors (Lipinski definition) is 4. The minimum absolute atomic E-state index is 0.0336. The van der Waals surface area contributed by atoms with Crippen molar-refractivity contribution in [3.05, 3.63) is 0 Å². The maximum absolute atomic E-state index is 9.69. The monoisotopic (exact) mass is 174 g/mol. The van der Waals surface area contributed by atoms with Crippen LogP contribution in [0.5, 0.6) is 0 Å². The van der Waals surface area contributed by atoms with Gasteiger partial charge < -0.3 is 21.3 Å². The Hall–Kier alpha value is -0.160. The molecule has 0 spiro atoms. The lowest BCUT2D eigenvalue weighted by atomic mass is 9.81. The Morgan fingerprint density at radius 3 is 2.75 bits per heavy atom. The number of aliphatic hydroxyl groups excluding tert-OH is 2. The molecular formula is C8H18N2O2. The van der Waals surface area contributed by atoms with Crippen LogP contribution in [0, 0.1) is 11.8 Å². The van der Waals surface area contributed by atoms with Crippen LogP contribution in [-0.4, -0.2) is 42.1 Å². The van der Waals surface area contributed by atoms with Crippen molar-refractivity contribution in [2.24, 2.45) is 17.6 Å². The van der Waals surface area contributed by atoms with Crippen molar-refractivity contribution in [1.82, 2.24) is 5.32 Å². The van der Waals surface area contributed by atoms with Crippen LogP contribution in [0.2, 0.25) is 0 Å². The van der Waals surface area contributed by atoms with Gasteiger partial charge in [0.2, 0.25) is 0 Å². The van der Waals surface area contributed by atoms with Gasteiger partial charge in [0, 0.05) is 31.0 Å². The third-order valence-corrected chi connectivity index (χ3v) is 2.77. The summed E-state index contributed by atoms with van der Waals surface area (Å²) < 4.78 is 0. The van der Waals surface area contributed by atoms with Gasteiger partial charge in [0.15, 0.2) is 0 Å². The van der Waals surface area contributed by atoms with Crippen molar-refractivity contribution in [1.29, 1.82) is 0 Å². The molecule has 0 aromatic rings. The average Bonchev–Trinajstić information content (AvgIpc) is 2.09. The predicted octanol–water partition coefficient (Wildman–Crippen LogP) is -1.48. The highest BCUT2D eigenvalue weighted by molar-refractivity contribution is 4.89. The summed E-state index contributed by atoms with van der Waals surface area (Å²) in [5, 5.41) is 21.8. The van der Waals surface area contributed by atoms with Gasteiger partial charge in [-0.1, -0.05) is 0 Å². The molecule has 4 unspecified atom stereocenters. The predicted molar refractivity (Wildman–Crippen MR) is 46.6 cm³/mol. The number of nitrogens with two attached hydrogens (primary N) is 1. The van der Waals surface area contributed by atoms with Gasteiger partial charge in [0.25, 0.3) is 0 Å². The lowest BCUT2D eigenvalue weighted by molar-refractivity contribution is 0.000962. The fraction of sp³-hybridized carbons (Fsp3) is 1.00. The molecule has 0 radical (unpaired) electrons. The molecule has 0 saturated carbocycles. The largest absolute Gasteiger partial charge is 0.396 e. The van der Waals surface area contributed by atoms with E-state index in [0.717, 1.165) is 6.54 Å². The van der Waals surface area contributed by atoms with Crippen molar-refractivity contribution >= 4 is 0 Å². The topological polar surface area (TPSA) is 78.5 Å². The van der Waals surface area contributed by atoms with Crippen LogP contribution in [0.25, 0.3) is 0 Å². The SMILES string of the molecule is CC1NCC(CO)C(CN)C1O. The van der Waals surface area contributed by atoms with E-state index in [2.05, 4.69) is 5.32 Å². The summed E-state index contributed by atoms with van der Waals surface area (Å²) in [4.78, 5) is 0. The minimum Gasteiger partial charge on any atom is -0.396 e. The van der Waals surface area contributed by atoms with E-state index in [1.807, 2.05) is 6.92 Å². The van der Waals surface area contributed by atoms with Crippen LogP contribution in [0.15, 0.2) is 0 Å². The molecule has 1 rings (SSSR count). The van der Waals surface area contributed by atoms with Crippen molar-refractivity contribution in [2.75, 3.05) is 19.7 Å². The van der Waals surface area contributed by atoms with Gasteiger partial charge >= 0.3 is 0 Å². The molecule has 1 fully saturated rings. The summed E-state index contributed by atoms with van der Waals surface area (Å²) in [6.45, 7) is 3.22. The third kappa shape index (κ3) is 1.77. The molecule has 4 heteroatoms. The van der Waals surface area contributed by atoms with Crippen LogP contribution < -0.4 is 11.1 Å². The van der Waals surface area contributed by atoms with E-state index in [-0.39, 0.29) is 24.5 Å². The summed E-state index contributed by atoms with van der Waals surface area (Å²) in [5.41, 5.74) is 5.52. The molecule has 4 nitrogen and oxygen atoms in total. The van der Waals surface area contributed by atoms with Crippen LogP contribution in [-0.2, 0) is 0 Å². The third-order valence-electron chi connectivity index (χ3n) is 2.77. The van der Waals surface area contributed by atoms with E-state index in [9.17, 15) is 5.11 Å². The van der Waals surface area contributed by atoms with E-state index in [0.29, 0.717) is 6.54 Å². The summed E-state index contributed by atoms with van der Waals surface area (Å²) in [6, 6.07) is 0.0846. The highest BCUT2D eigenvalue weighted by Crippen LogP contribution is 2.21. The molecule has 0 aromatic heterocycles. The zero-order valence-corrected chi connectivity index (χ0v) is 7.40. The molecular weight excluding hydrogens is 156 g/mol. The Balaban J connectivity index is 2.58. The summed E-state index contributed by atoms with van der Waals surface area (Å²) in [7, 11) is 0. The van der Waals surface area contributed by atoms with Crippen molar-refractivity contribution in [3.63, 3.8) is 0 Å². The minimum atomic E-state index is -0.430. The van der Waals surface area contributed by atoms with Gasteiger partial charge in [-0.25, -0.2) is 0 Å². The number of piperidine rings is 1. The van der Waals surface area contributed by atoms with E-state index in [1.54, 1.807) is 0 Å². The second-order valence-electron chi connectivity index (χ2n) is 3.53. The fourth-order valence-corrected chi connectivity index (χ4v) is 1.79. The highest BCUT2D eigenvalue weighted by Gasteiger charge is 2.34. The number of rotatable bonds is 2. The Morgan fingerprint density at radius 2 is 2.25 bits per heavy atom. The molecule has 0 aliphatic carbocycles. The first-order valence-corrected chi connectivity index (χ1v) is 4.43. The zero-order valence-electron chi connectivity index (χ0n) is 7.40. The molecule has 1 aliphatic heterocycles. The summed E-state index contributed by atoms with van der Waals surface area (Å²) in [6.07, 6.45) is -0.430. The molecule has 0 aromatic carbocycles. The number of hydrogen-bond donors (Lipinski definition) is 4. The van der Waals surface area contributed by atoms with E-state index < -0.39 is 6.10 Å². The average molecular weight is 174 g/mol. The van der Waals surface area contributed by atoms with Gasteiger partial charge in [-0.2, -0.15) is 0 Å². The lowest BCUT2D eigenvalue weighted by Gasteiger charge is -2.38. The molecule has 1 heterocycles. The Kier molecular flexibility index (Phi) is 3.46. The first-order valence-electron chi connectivity index (χ1n) is 4.43. The normalized spacial score (nSPS) is 43.0. The van der Waals surface area contributed by atoms with E-state index >= 15 is 0 Å². The fourth-order valence-electron chi connectivity index (χ4n) is 1.79. The zero-order chi connectivity index (χ0) is 9.14. The quantitative estimate of drug-likeness (QED) is 0.412. The van der Waals surface area contributed by atoms with Crippen LogP contribution in [0.3, 0.4) is 0 Å². The maximum atomic E-state index is 9.69. The molecule has 1 saturated heterocycles. The summed E-state index contributed by atoms with van der Waals surface area (Å²) in [5.74, 6) is 0.132. The van der Waals surface area contributed by atoms with Gasteiger partial charge in [-0.05, 0) is 13.5 Å². The molecule has 0 amide bonds. The Labute approximate surface area is 72.8 Å². The second kappa shape index (κ2) is 4.18. The van der Waals surface area contributed by atoms with Gasteiger partial charge in [0.1, 0.15) is 0 Å². The molecule has 5 N–H and O–H groups in total. The smallest absolute Gasteiger partial charge is 0.0734 e. The standard InChI is InChI=1S/C8H18N2O2/c1-5-8(12)7(2-9)6(4-11)3-10-5/h5-8,10-12H,2-4,9H2,1H3. The number of nitrogens with one attached hydrogen (secondary N) is 1. The van der Waals surface area contributed by atoms with Crippen LogP contribution in [0.4, 0.5) is 0 Å². The first-order chi connectivity index (χ1) is 5.70. The molecule has 12 heavy (non-hydrogen) atoms. The number of aliphatic hydroxyl groups is 2. The van der Waals surface area contributed by atoms with E-state index in [4.69, 9.17) is 10.8 Å². The van der Waals surface area contributed by atoms with Gasteiger partial charge in [0.05, 0.1) is 6.10 Å². The molecule has 72 valence electrons. The lowest BCUT2D eigenvalue weighted by Crippen LogP contribution is -2.55. The van der Waals surface area contributed by atoms with Crippen molar-refractivity contribution in [2.45, 2.75) is 19.1 Å². The summed E-state index contributed by atoms with van der Waals surface area (Å²) >= 11 is 0. The van der Waals surface area contributed by atoms with Crippen molar-refractivity contribution in [3.8, 4) is 0 Å². The van der Waals surface area contributed by atoms with Crippen LogP contribution >= 0.6 is 0 Å². The Bertz CT molecular complexity index is 141. The van der Waals surface area contributed by atoms with Crippen LogP contribution in [0.1, 0.15) is 6.92 Å². The second-order valence-corrected chi connectivity index (χ2v) is 3.53. The molecule has 1 aliphatic rings. The molecule has 4 atom stereocenters. The van der Waals surface area contributed by atoms with Gasteiger partial charge in [-0.15, -0.1) is 0 Å².